The van der Waals surface area contributed by atoms with Crippen LogP contribution in [-0.2, 0) is 23.2 Å². The third-order valence-corrected chi connectivity index (χ3v) is 9.03. The van der Waals surface area contributed by atoms with E-state index in [-0.39, 0.29) is 29.4 Å². The van der Waals surface area contributed by atoms with Gasteiger partial charge in [-0.05, 0) is 67.7 Å². The molecule has 2 fully saturated rings. The number of rotatable bonds is 2. The van der Waals surface area contributed by atoms with E-state index < -0.39 is 52.3 Å². The molecule has 3 aromatic rings. The number of carbonyl (C=O) groups excluding carboxylic acids is 2. The summed E-state index contributed by atoms with van der Waals surface area (Å²) in [5.74, 6) is -2.98. The summed E-state index contributed by atoms with van der Waals surface area (Å²) in [5.41, 5.74) is 0.610. The second kappa shape index (κ2) is 8.29. The first-order valence-electron chi connectivity index (χ1n) is 12.6. The van der Waals surface area contributed by atoms with Crippen molar-refractivity contribution in [3.8, 4) is 5.75 Å². The molecule has 0 unspecified atom stereocenters. The van der Waals surface area contributed by atoms with E-state index in [1.807, 2.05) is 6.08 Å². The number of hydrogen-bond donors (Lipinski definition) is 1. The van der Waals surface area contributed by atoms with Crippen molar-refractivity contribution in [1.29, 1.82) is 0 Å². The SMILES string of the molecule is Cc1cc([C@H]2C3=CCn4c(=O)n(C)c(=O)n4[C@@H]3C[C@H]3C(=O)N(c4ccc(F)c(Cl)c4)C(=O)[C@@]23C)cc(C)c1O. The summed E-state index contributed by atoms with van der Waals surface area (Å²) in [6.07, 6.45) is 1.98. The molecule has 2 aliphatic heterocycles. The molecule has 0 bridgehead atoms. The van der Waals surface area contributed by atoms with Crippen molar-refractivity contribution in [2.75, 3.05) is 4.90 Å². The number of phenols is 1. The number of amides is 2. The fourth-order valence-electron chi connectivity index (χ4n) is 6.79. The van der Waals surface area contributed by atoms with Crippen molar-refractivity contribution in [2.24, 2.45) is 18.4 Å². The quantitative estimate of drug-likeness (QED) is 0.388. The Kier molecular flexibility index (Phi) is 5.39. The van der Waals surface area contributed by atoms with E-state index >= 15 is 0 Å². The topological polar surface area (TPSA) is 107 Å². The number of allylic oxidation sites excluding steroid dienone is 2. The van der Waals surface area contributed by atoms with E-state index in [0.29, 0.717) is 16.7 Å². The lowest BCUT2D eigenvalue weighted by Gasteiger charge is -2.47. The summed E-state index contributed by atoms with van der Waals surface area (Å²) in [5, 5.41) is 10.3. The van der Waals surface area contributed by atoms with Crippen molar-refractivity contribution in [3.63, 3.8) is 0 Å². The number of imide groups is 1. The molecule has 1 aliphatic carbocycles. The van der Waals surface area contributed by atoms with Crippen molar-refractivity contribution >= 4 is 29.1 Å². The lowest BCUT2D eigenvalue weighted by Crippen LogP contribution is -2.49. The number of halogens is 2. The summed E-state index contributed by atoms with van der Waals surface area (Å²) in [4.78, 5) is 55.3. The predicted molar refractivity (Wildman–Crippen MR) is 141 cm³/mol. The van der Waals surface area contributed by atoms with E-state index in [4.69, 9.17) is 11.6 Å². The van der Waals surface area contributed by atoms with Crippen LogP contribution in [0.25, 0.3) is 0 Å². The van der Waals surface area contributed by atoms with Gasteiger partial charge in [0, 0.05) is 13.0 Å². The first kappa shape index (κ1) is 25.4. The van der Waals surface area contributed by atoms with Gasteiger partial charge in [0.1, 0.15) is 11.6 Å². The molecular weight excluding hydrogens is 527 g/mol. The summed E-state index contributed by atoms with van der Waals surface area (Å²) >= 11 is 6.01. The Labute approximate surface area is 227 Å². The molecule has 4 atom stereocenters. The highest BCUT2D eigenvalue weighted by molar-refractivity contribution is 6.31. The normalized spacial score (nSPS) is 25.8. The maximum atomic E-state index is 14.3. The fraction of sp³-hybridized carbons (Fsp3) is 0.357. The minimum absolute atomic E-state index is 0.119. The number of aromatic hydroxyl groups is 1. The first-order valence-corrected chi connectivity index (χ1v) is 13.0. The third kappa shape index (κ3) is 3.24. The smallest absolute Gasteiger partial charge is 0.347 e. The number of phenolic OH excluding ortho intramolecular Hbond substituents is 1. The maximum absolute atomic E-state index is 14.3. The molecule has 3 aliphatic rings. The Morgan fingerprint density at radius 2 is 1.72 bits per heavy atom. The minimum Gasteiger partial charge on any atom is -0.507 e. The standard InChI is InChI=1S/C28H26ClFN4O5/c1-13-9-15(10-14(2)23(13)35)22-17-7-8-32-26(38)31(4)27(39)34(32)21(17)12-18-24(36)33(25(37)28(18,22)3)16-5-6-20(30)19(29)11-16/h5-7,9-11,18,21-22,35H,8,12H2,1-4H3/t18-,21+,22-,28+/m0/s1. The lowest BCUT2D eigenvalue weighted by atomic mass is 9.56. The van der Waals surface area contributed by atoms with Gasteiger partial charge in [-0.1, -0.05) is 29.8 Å². The number of nitrogens with zero attached hydrogens (tertiary/aromatic N) is 4. The van der Waals surface area contributed by atoms with Crippen LogP contribution >= 0.6 is 11.6 Å². The highest BCUT2D eigenvalue weighted by Gasteiger charge is 2.65. The van der Waals surface area contributed by atoms with Gasteiger partial charge < -0.3 is 5.11 Å². The van der Waals surface area contributed by atoms with Gasteiger partial charge in [0.15, 0.2) is 0 Å². The molecule has 1 saturated heterocycles. The summed E-state index contributed by atoms with van der Waals surface area (Å²) in [7, 11) is 1.41. The molecule has 1 N–H and O–H groups in total. The van der Waals surface area contributed by atoms with Gasteiger partial charge in [-0.2, -0.15) is 0 Å². The van der Waals surface area contributed by atoms with Crippen LogP contribution in [0.4, 0.5) is 10.1 Å². The summed E-state index contributed by atoms with van der Waals surface area (Å²) in [6.45, 7) is 5.40. The largest absolute Gasteiger partial charge is 0.507 e. The average Bonchev–Trinajstić information content (AvgIpc) is 3.23. The van der Waals surface area contributed by atoms with Crippen molar-refractivity contribution in [3.05, 3.63) is 90.5 Å². The summed E-state index contributed by atoms with van der Waals surface area (Å²) in [6, 6.07) is 6.64. The molecular formula is C28H26ClFN4O5. The van der Waals surface area contributed by atoms with Crippen LogP contribution in [0.5, 0.6) is 5.75 Å². The van der Waals surface area contributed by atoms with Crippen LogP contribution in [0.2, 0.25) is 5.02 Å². The number of hydrogen-bond acceptors (Lipinski definition) is 5. The molecule has 0 radical (unpaired) electrons. The minimum atomic E-state index is -1.27. The van der Waals surface area contributed by atoms with Gasteiger partial charge in [-0.3, -0.25) is 9.59 Å². The van der Waals surface area contributed by atoms with E-state index in [1.54, 1.807) is 32.9 Å². The van der Waals surface area contributed by atoms with E-state index in [9.17, 15) is 28.7 Å². The van der Waals surface area contributed by atoms with Gasteiger partial charge in [0.25, 0.3) is 0 Å². The van der Waals surface area contributed by atoms with E-state index in [2.05, 4.69) is 0 Å². The number of aromatic nitrogens is 3. The highest BCUT2D eigenvalue weighted by Crippen LogP contribution is 2.61. The third-order valence-electron chi connectivity index (χ3n) is 8.74. The van der Waals surface area contributed by atoms with Crippen LogP contribution in [0.3, 0.4) is 0 Å². The van der Waals surface area contributed by atoms with Crippen LogP contribution in [0, 0.1) is 31.0 Å². The molecule has 2 aromatic carbocycles. The maximum Gasteiger partial charge on any atom is 0.347 e. The zero-order chi connectivity index (χ0) is 28.1. The van der Waals surface area contributed by atoms with Crippen molar-refractivity contribution < 1.29 is 19.1 Å². The first-order chi connectivity index (χ1) is 18.4. The zero-order valence-corrected chi connectivity index (χ0v) is 22.5. The van der Waals surface area contributed by atoms with Gasteiger partial charge in [-0.15, -0.1) is 0 Å². The summed E-state index contributed by atoms with van der Waals surface area (Å²) < 4.78 is 17.7. The van der Waals surface area contributed by atoms with Crippen LogP contribution in [-0.4, -0.2) is 30.9 Å². The number of carbonyl (C=O) groups is 2. The van der Waals surface area contributed by atoms with Gasteiger partial charge in [-0.25, -0.2) is 32.8 Å². The number of fused-ring (bicyclic) bond motifs is 4. The predicted octanol–water partition coefficient (Wildman–Crippen LogP) is 3.33. The fourth-order valence-corrected chi connectivity index (χ4v) is 6.97. The molecule has 1 saturated carbocycles. The molecule has 0 spiro atoms. The molecule has 11 heteroatoms. The van der Waals surface area contributed by atoms with Gasteiger partial charge >= 0.3 is 11.4 Å². The van der Waals surface area contributed by atoms with Crippen molar-refractivity contribution in [1.82, 2.24) is 13.9 Å². The molecule has 3 heterocycles. The second-order valence-corrected chi connectivity index (χ2v) is 11.3. The Morgan fingerprint density at radius 1 is 1.05 bits per heavy atom. The Bertz CT molecular complexity index is 1740. The monoisotopic (exact) mass is 552 g/mol. The molecule has 1 aromatic heterocycles. The van der Waals surface area contributed by atoms with Gasteiger partial charge in [0.05, 0.1) is 34.6 Å². The number of aryl methyl sites for hydroxylation is 2. The molecule has 9 nitrogen and oxygen atoms in total. The van der Waals surface area contributed by atoms with Crippen LogP contribution < -0.4 is 16.3 Å². The molecule has 202 valence electrons. The Hall–Kier alpha value is -3.92. The van der Waals surface area contributed by atoms with Crippen LogP contribution in [0.15, 0.2) is 51.6 Å². The van der Waals surface area contributed by atoms with E-state index in [0.717, 1.165) is 21.1 Å². The number of benzene rings is 2. The molecule has 2 amide bonds. The average molecular weight is 553 g/mol. The van der Waals surface area contributed by atoms with E-state index in [1.165, 1.54) is 28.5 Å². The molecule has 6 rings (SSSR count). The zero-order valence-electron chi connectivity index (χ0n) is 21.7. The van der Waals surface area contributed by atoms with Gasteiger partial charge in [0.2, 0.25) is 11.8 Å². The molecule has 39 heavy (non-hydrogen) atoms. The highest BCUT2D eigenvalue weighted by atomic mass is 35.5. The lowest BCUT2D eigenvalue weighted by molar-refractivity contribution is -0.129. The second-order valence-electron chi connectivity index (χ2n) is 10.9. The Balaban J connectivity index is 1.60. The number of anilines is 1. The van der Waals surface area contributed by atoms with Crippen molar-refractivity contribution in [2.45, 2.75) is 45.7 Å². The van der Waals surface area contributed by atoms with Crippen LogP contribution in [0.1, 0.15) is 42.0 Å². The Morgan fingerprint density at radius 3 is 2.36 bits per heavy atom.